The Morgan fingerprint density at radius 2 is 1.65 bits per heavy atom. The zero-order chi connectivity index (χ0) is 12.9. The number of hydrogen-bond donors (Lipinski definition) is 1. The predicted octanol–water partition coefficient (Wildman–Crippen LogP) is 1.04. The summed E-state index contributed by atoms with van der Waals surface area (Å²) in [7, 11) is 4.03. The Bertz CT molecular complexity index is 214. The molecule has 0 bridgehead atoms. The molecule has 0 saturated heterocycles. The highest BCUT2D eigenvalue weighted by molar-refractivity contribution is 6.60. The lowest BCUT2D eigenvalue weighted by Crippen LogP contribution is -2.46. The summed E-state index contributed by atoms with van der Waals surface area (Å²) in [5.74, 6) is 0.426. The van der Waals surface area contributed by atoms with Crippen LogP contribution in [0.5, 0.6) is 0 Å². The van der Waals surface area contributed by atoms with Crippen molar-refractivity contribution in [1.82, 2.24) is 0 Å². The van der Waals surface area contributed by atoms with Gasteiger partial charge >= 0.3 is 8.80 Å². The average molecular weight is 264 g/mol. The molecule has 1 rings (SSSR count). The number of ether oxygens (including phenoxy) is 1. The number of aliphatic hydroxyl groups is 1. The van der Waals surface area contributed by atoms with Gasteiger partial charge in [-0.1, -0.05) is 0 Å². The number of aliphatic hydroxyl groups excluding tert-OH is 1. The summed E-state index contributed by atoms with van der Waals surface area (Å²) in [6, 6.07) is 0.781. The van der Waals surface area contributed by atoms with E-state index in [2.05, 4.69) is 0 Å². The molecule has 5 nitrogen and oxygen atoms in total. The zero-order valence-corrected chi connectivity index (χ0v) is 12.1. The molecular weight excluding hydrogens is 240 g/mol. The molecule has 0 radical (unpaired) electrons. The highest BCUT2D eigenvalue weighted by Gasteiger charge is 2.42. The minimum Gasteiger partial charge on any atom is -0.390 e. The van der Waals surface area contributed by atoms with Gasteiger partial charge in [0.15, 0.2) is 0 Å². The standard InChI is InChI=1S/C11H24O5Si/c1-13-11-7-9(5-6-10(11)12)8-17(14-2,15-3)16-4/h9-12H,5-8H2,1-4H3. The molecule has 1 aliphatic carbocycles. The van der Waals surface area contributed by atoms with Crippen molar-refractivity contribution in [3.05, 3.63) is 0 Å². The quantitative estimate of drug-likeness (QED) is 0.727. The lowest BCUT2D eigenvalue weighted by atomic mass is 9.86. The van der Waals surface area contributed by atoms with Gasteiger partial charge in [-0.15, -0.1) is 0 Å². The Kier molecular flexibility index (Phi) is 6.05. The van der Waals surface area contributed by atoms with Crippen LogP contribution in [-0.2, 0) is 18.0 Å². The van der Waals surface area contributed by atoms with Gasteiger partial charge in [0.25, 0.3) is 0 Å². The van der Waals surface area contributed by atoms with Crippen LogP contribution in [0.25, 0.3) is 0 Å². The molecule has 0 aromatic rings. The fourth-order valence-corrected chi connectivity index (χ4v) is 4.57. The van der Waals surface area contributed by atoms with Gasteiger partial charge in [0.05, 0.1) is 12.2 Å². The van der Waals surface area contributed by atoms with Crippen LogP contribution in [0.2, 0.25) is 6.04 Å². The Labute approximate surface area is 104 Å². The van der Waals surface area contributed by atoms with E-state index < -0.39 is 8.80 Å². The molecular formula is C11H24O5Si. The topological polar surface area (TPSA) is 57.2 Å². The van der Waals surface area contributed by atoms with Gasteiger partial charge in [-0.3, -0.25) is 0 Å². The summed E-state index contributed by atoms with van der Waals surface area (Å²) >= 11 is 0. The zero-order valence-electron chi connectivity index (χ0n) is 11.1. The van der Waals surface area contributed by atoms with E-state index in [-0.39, 0.29) is 12.2 Å². The monoisotopic (exact) mass is 264 g/mol. The molecule has 1 fully saturated rings. The summed E-state index contributed by atoms with van der Waals surface area (Å²) in [6.45, 7) is 0. The van der Waals surface area contributed by atoms with Crippen LogP contribution in [-0.4, -0.2) is 54.6 Å². The summed E-state index contributed by atoms with van der Waals surface area (Å²) in [6.07, 6.45) is 2.14. The first-order valence-electron chi connectivity index (χ1n) is 5.97. The van der Waals surface area contributed by atoms with Crippen molar-refractivity contribution in [2.45, 2.75) is 37.5 Å². The first-order valence-corrected chi connectivity index (χ1v) is 7.90. The normalized spacial score (nSPS) is 30.5. The number of rotatable bonds is 6. The van der Waals surface area contributed by atoms with Gasteiger partial charge in [0, 0.05) is 34.5 Å². The minimum atomic E-state index is -2.51. The lowest BCUT2D eigenvalue weighted by molar-refractivity contribution is -0.0502. The van der Waals surface area contributed by atoms with Crippen molar-refractivity contribution in [2.24, 2.45) is 5.92 Å². The second-order valence-corrected chi connectivity index (χ2v) is 7.52. The molecule has 6 heteroatoms. The van der Waals surface area contributed by atoms with Crippen LogP contribution < -0.4 is 0 Å². The van der Waals surface area contributed by atoms with Crippen molar-refractivity contribution >= 4 is 8.80 Å². The Hall–Kier alpha value is 0.0169. The van der Waals surface area contributed by atoms with Crippen LogP contribution >= 0.6 is 0 Å². The highest BCUT2D eigenvalue weighted by atomic mass is 28.4. The van der Waals surface area contributed by atoms with Gasteiger partial charge in [-0.25, -0.2) is 0 Å². The molecule has 0 spiro atoms. The summed E-state index contributed by atoms with van der Waals surface area (Å²) in [4.78, 5) is 0. The summed E-state index contributed by atoms with van der Waals surface area (Å²) in [5, 5.41) is 9.75. The van der Waals surface area contributed by atoms with Gasteiger partial charge in [-0.05, 0) is 25.2 Å². The maximum Gasteiger partial charge on any atom is 0.500 e. The van der Waals surface area contributed by atoms with Crippen LogP contribution in [0, 0.1) is 5.92 Å². The van der Waals surface area contributed by atoms with E-state index in [1.165, 1.54) is 0 Å². The first kappa shape index (κ1) is 15.1. The Morgan fingerprint density at radius 3 is 2.12 bits per heavy atom. The first-order chi connectivity index (χ1) is 8.10. The molecule has 0 amide bonds. The molecule has 0 heterocycles. The van der Waals surface area contributed by atoms with E-state index in [0.717, 1.165) is 25.3 Å². The third-order valence-corrected chi connectivity index (χ3v) is 6.58. The Balaban J connectivity index is 2.56. The summed E-state index contributed by atoms with van der Waals surface area (Å²) < 4.78 is 21.6. The van der Waals surface area contributed by atoms with Crippen LogP contribution in [0.4, 0.5) is 0 Å². The molecule has 1 aliphatic rings. The van der Waals surface area contributed by atoms with E-state index in [4.69, 9.17) is 18.0 Å². The number of methoxy groups -OCH3 is 1. The lowest BCUT2D eigenvalue weighted by Gasteiger charge is -2.35. The minimum absolute atomic E-state index is 0.0778. The molecule has 0 aromatic carbocycles. The second kappa shape index (κ2) is 6.82. The van der Waals surface area contributed by atoms with E-state index in [1.807, 2.05) is 0 Å². The molecule has 1 saturated carbocycles. The van der Waals surface area contributed by atoms with Crippen molar-refractivity contribution in [2.75, 3.05) is 28.4 Å². The molecule has 102 valence electrons. The Morgan fingerprint density at radius 1 is 1.06 bits per heavy atom. The SMILES string of the molecule is COC1CC(C[Si](OC)(OC)OC)CCC1O. The van der Waals surface area contributed by atoms with Gasteiger partial charge in [-0.2, -0.15) is 0 Å². The van der Waals surface area contributed by atoms with E-state index >= 15 is 0 Å². The maximum absolute atomic E-state index is 9.75. The van der Waals surface area contributed by atoms with Crippen molar-refractivity contribution in [1.29, 1.82) is 0 Å². The van der Waals surface area contributed by atoms with Gasteiger partial charge in [0.1, 0.15) is 0 Å². The van der Waals surface area contributed by atoms with Crippen molar-refractivity contribution < 1.29 is 23.1 Å². The molecule has 1 N–H and O–H groups in total. The predicted molar refractivity (Wildman–Crippen MR) is 65.7 cm³/mol. The van der Waals surface area contributed by atoms with Crippen molar-refractivity contribution in [3.8, 4) is 0 Å². The highest BCUT2D eigenvalue weighted by Crippen LogP contribution is 2.33. The van der Waals surface area contributed by atoms with E-state index in [1.54, 1.807) is 28.4 Å². The largest absolute Gasteiger partial charge is 0.500 e. The van der Waals surface area contributed by atoms with E-state index in [0.29, 0.717) is 5.92 Å². The average Bonchev–Trinajstić information content (AvgIpc) is 2.38. The number of hydrogen-bond acceptors (Lipinski definition) is 5. The third-order valence-electron chi connectivity index (χ3n) is 3.64. The van der Waals surface area contributed by atoms with Gasteiger partial charge < -0.3 is 23.1 Å². The van der Waals surface area contributed by atoms with Crippen LogP contribution in [0.3, 0.4) is 0 Å². The van der Waals surface area contributed by atoms with Crippen LogP contribution in [0.15, 0.2) is 0 Å². The van der Waals surface area contributed by atoms with Crippen molar-refractivity contribution in [3.63, 3.8) is 0 Å². The molecule has 0 aliphatic heterocycles. The molecule has 3 unspecified atom stereocenters. The fraction of sp³-hybridized carbons (Fsp3) is 1.00. The van der Waals surface area contributed by atoms with Gasteiger partial charge in [0.2, 0.25) is 0 Å². The molecule has 0 aromatic heterocycles. The summed E-state index contributed by atoms with van der Waals surface area (Å²) in [5.41, 5.74) is 0. The third kappa shape index (κ3) is 3.74. The smallest absolute Gasteiger partial charge is 0.390 e. The second-order valence-electron chi connectivity index (χ2n) is 4.52. The van der Waals surface area contributed by atoms with Crippen LogP contribution in [0.1, 0.15) is 19.3 Å². The molecule has 17 heavy (non-hydrogen) atoms. The van der Waals surface area contributed by atoms with E-state index in [9.17, 15) is 5.11 Å². The fourth-order valence-electron chi connectivity index (χ4n) is 2.49. The maximum atomic E-state index is 9.75. The molecule has 3 atom stereocenters.